The van der Waals surface area contributed by atoms with E-state index >= 15 is 0 Å². The highest BCUT2D eigenvalue weighted by molar-refractivity contribution is 7.99. The monoisotopic (exact) mass is 462 g/mol. The fraction of sp³-hybridized carbons (Fsp3) is 0.385. The van der Waals surface area contributed by atoms with Crippen LogP contribution in [0.4, 0.5) is 0 Å². The van der Waals surface area contributed by atoms with Gasteiger partial charge in [-0.2, -0.15) is 5.26 Å². The molecular weight excluding hydrogens is 432 g/mol. The number of benzene rings is 2. The zero-order valence-electron chi connectivity index (χ0n) is 19.6. The van der Waals surface area contributed by atoms with Gasteiger partial charge in [0.15, 0.2) is 5.16 Å². The summed E-state index contributed by atoms with van der Waals surface area (Å²) in [5.41, 5.74) is 1.40. The number of amides is 1. The SMILES string of the molecule is CCCCc1ccc(-n2c(SCC(=O)NC(C)(C#N)C(C)C)nc3ccccc3c2=O)cc1. The van der Waals surface area contributed by atoms with Crippen LogP contribution in [0.15, 0.2) is 58.5 Å². The maximum Gasteiger partial charge on any atom is 0.266 e. The van der Waals surface area contributed by atoms with Gasteiger partial charge in [0, 0.05) is 0 Å². The van der Waals surface area contributed by atoms with E-state index in [1.165, 1.54) is 17.3 Å². The Hall–Kier alpha value is -3.11. The molecule has 0 aliphatic heterocycles. The number of hydrogen-bond acceptors (Lipinski definition) is 5. The molecule has 2 aromatic carbocycles. The number of unbranched alkanes of at least 4 members (excludes halogenated alkanes) is 1. The highest BCUT2D eigenvalue weighted by Crippen LogP contribution is 2.23. The third-order valence-corrected chi connectivity index (χ3v) is 6.82. The Kier molecular flexibility index (Phi) is 7.93. The summed E-state index contributed by atoms with van der Waals surface area (Å²) in [5.74, 6) is -0.273. The fourth-order valence-electron chi connectivity index (χ4n) is 3.39. The van der Waals surface area contributed by atoms with Crippen LogP contribution in [-0.4, -0.2) is 26.8 Å². The Morgan fingerprint density at radius 2 is 1.91 bits per heavy atom. The minimum absolute atomic E-state index is 0.0420. The van der Waals surface area contributed by atoms with Gasteiger partial charge in [0.05, 0.1) is 28.4 Å². The molecule has 1 aromatic heterocycles. The number of rotatable bonds is 9. The van der Waals surface area contributed by atoms with Gasteiger partial charge in [0.1, 0.15) is 5.54 Å². The molecule has 0 saturated carbocycles. The molecule has 7 heteroatoms. The molecule has 0 aliphatic carbocycles. The third-order valence-electron chi connectivity index (χ3n) is 5.88. The average Bonchev–Trinajstić information content (AvgIpc) is 2.82. The molecule has 0 fully saturated rings. The fourth-order valence-corrected chi connectivity index (χ4v) is 4.20. The standard InChI is InChI=1S/C26H30N4O2S/c1-5-6-9-19-12-14-20(15-13-19)30-24(32)21-10-7-8-11-22(21)28-25(30)33-16-23(31)29-26(4,17-27)18(2)3/h7-8,10-15,18H,5-6,9,16H2,1-4H3,(H,29,31). The van der Waals surface area contributed by atoms with E-state index in [0.29, 0.717) is 21.7 Å². The highest BCUT2D eigenvalue weighted by atomic mass is 32.2. The minimum atomic E-state index is -0.956. The van der Waals surface area contributed by atoms with E-state index in [4.69, 9.17) is 0 Å². The maximum absolute atomic E-state index is 13.4. The van der Waals surface area contributed by atoms with Crippen molar-refractivity contribution >= 4 is 28.6 Å². The average molecular weight is 463 g/mol. The predicted molar refractivity (Wildman–Crippen MR) is 134 cm³/mol. The number of nitrogens with zero attached hydrogens (tertiary/aromatic N) is 3. The van der Waals surface area contributed by atoms with Gasteiger partial charge >= 0.3 is 0 Å². The summed E-state index contributed by atoms with van der Waals surface area (Å²) >= 11 is 1.19. The van der Waals surface area contributed by atoms with Gasteiger partial charge in [-0.05, 0) is 55.5 Å². The van der Waals surface area contributed by atoms with Crippen LogP contribution in [0.2, 0.25) is 0 Å². The second kappa shape index (κ2) is 10.7. The summed E-state index contributed by atoms with van der Waals surface area (Å²) in [6.07, 6.45) is 3.24. The predicted octanol–water partition coefficient (Wildman–Crippen LogP) is 4.87. The van der Waals surface area contributed by atoms with Crippen LogP contribution in [0.25, 0.3) is 16.6 Å². The van der Waals surface area contributed by atoms with Crippen molar-refractivity contribution in [1.82, 2.24) is 14.9 Å². The lowest BCUT2D eigenvalue weighted by Gasteiger charge is -2.27. The van der Waals surface area contributed by atoms with Gasteiger partial charge in [-0.1, -0.05) is 63.2 Å². The maximum atomic E-state index is 13.4. The quantitative estimate of drug-likeness (QED) is 0.362. The number of nitriles is 1. The Labute approximate surface area is 199 Å². The number of para-hydroxylation sites is 1. The summed E-state index contributed by atoms with van der Waals surface area (Å²) in [5, 5.41) is 13.3. The molecule has 172 valence electrons. The van der Waals surface area contributed by atoms with E-state index in [0.717, 1.165) is 19.3 Å². The van der Waals surface area contributed by atoms with Gasteiger partial charge in [0.25, 0.3) is 5.56 Å². The number of carbonyl (C=O) groups excluding carboxylic acids is 1. The molecule has 3 aromatic rings. The smallest absolute Gasteiger partial charge is 0.266 e. The van der Waals surface area contributed by atoms with E-state index in [-0.39, 0.29) is 23.1 Å². The van der Waals surface area contributed by atoms with Crippen LogP contribution >= 0.6 is 11.8 Å². The normalized spacial score (nSPS) is 13.0. The van der Waals surface area contributed by atoms with E-state index < -0.39 is 5.54 Å². The van der Waals surface area contributed by atoms with Crippen LogP contribution in [0.3, 0.4) is 0 Å². The van der Waals surface area contributed by atoms with Crippen molar-refractivity contribution < 1.29 is 4.79 Å². The summed E-state index contributed by atoms with van der Waals surface area (Å²) < 4.78 is 1.57. The van der Waals surface area contributed by atoms with Crippen LogP contribution in [0.1, 0.15) is 46.1 Å². The van der Waals surface area contributed by atoms with E-state index in [9.17, 15) is 14.9 Å². The summed E-state index contributed by atoms with van der Waals surface area (Å²) in [6, 6.07) is 17.3. The molecule has 1 heterocycles. The zero-order chi connectivity index (χ0) is 24.0. The number of aryl methyl sites for hydroxylation is 1. The van der Waals surface area contributed by atoms with Crippen molar-refractivity contribution in [3.8, 4) is 11.8 Å². The molecule has 0 spiro atoms. The number of fused-ring (bicyclic) bond motifs is 1. The topological polar surface area (TPSA) is 87.8 Å². The zero-order valence-corrected chi connectivity index (χ0v) is 20.4. The largest absolute Gasteiger partial charge is 0.337 e. The Morgan fingerprint density at radius 3 is 2.55 bits per heavy atom. The van der Waals surface area contributed by atoms with Crippen LogP contribution < -0.4 is 10.9 Å². The van der Waals surface area contributed by atoms with Crippen molar-refractivity contribution in [2.75, 3.05) is 5.75 Å². The molecule has 1 N–H and O–H groups in total. The molecule has 0 bridgehead atoms. The van der Waals surface area contributed by atoms with Crippen LogP contribution in [-0.2, 0) is 11.2 Å². The van der Waals surface area contributed by atoms with E-state index in [1.807, 2.05) is 50.2 Å². The summed E-state index contributed by atoms with van der Waals surface area (Å²) in [6.45, 7) is 7.66. The Bertz CT molecular complexity index is 1230. The molecule has 6 nitrogen and oxygen atoms in total. The minimum Gasteiger partial charge on any atom is -0.337 e. The number of nitrogens with one attached hydrogen (secondary N) is 1. The van der Waals surface area contributed by atoms with Gasteiger partial charge in [-0.25, -0.2) is 4.98 Å². The summed E-state index contributed by atoms with van der Waals surface area (Å²) in [4.78, 5) is 30.7. The van der Waals surface area contributed by atoms with Crippen molar-refractivity contribution in [1.29, 1.82) is 5.26 Å². The Morgan fingerprint density at radius 1 is 1.21 bits per heavy atom. The number of aromatic nitrogens is 2. The first kappa shape index (κ1) is 24.5. The van der Waals surface area contributed by atoms with Gasteiger partial charge in [-0.15, -0.1) is 0 Å². The van der Waals surface area contributed by atoms with Crippen molar-refractivity contribution in [3.63, 3.8) is 0 Å². The van der Waals surface area contributed by atoms with E-state index in [2.05, 4.69) is 23.3 Å². The molecule has 3 rings (SSSR count). The van der Waals surface area contributed by atoms with Crippen LogP contribution in [0.5, 0.6) is 0 Å². The van der Waals surface area contributed by atoms with E-state index in [1.54, 1.807) is 23.6 Å². The van der Waals surface area contributed by atoms with Gasteiger partial charge in [0.2, 0.25) is 5.91 Å². The lowest BCUT2D eigenvalue weighted by atomic mass is 9.90. The van der Waals surface area contributed by atoms with Gasteiger partial charge in [-0.3, -0.25) is 14.2 Å². The molecular formula is C26H30N4O2S. The first-order chi connectivity index (χ1) is 15.8. The molecule has 1 amide bonds. The number of carbonyl (C=O) groups is 1. The lowest BCUT2D eigenvalue weighted by molar-refractivity contribution is -0.120. The molecule has 1 unspecified atom stereocenters. The van der Waals surface area contributed by atoms with Crippen molar-refractivity contribution in [2.24, 2.45) is 5.92 Å². The Balaban J connectivity index is 1.95. The highest BCUT2D eigenvalue weighted by Gasteiger charge is 2.30. The summed E-state index contributed by atoms with van der Waals surface area (Å²) in [7, 11) is 0. The molecule has 0 saturated heterocycles. The first-order valence-corrected chi connectivity index (χ1v) is 12.2. The lowest BCUT2D eigenvalue weighted by Crippen LogP contribution is -2.49. The number of hydrogen-bond donors (Lipinski definition) is 1. The van der Waals surface area contributed by atoms with Gasteiger partial charge < -0.3 is 5.32 Å². The van der Waals surface area contributed by atoms with Crippen molar-refractivity contribution in [3.05, 3.63) is 64.4 Å². The molecule has 0 aliphatic rings. The van der Waals surface area contributed by atoms with Crippen molar-refractivity contribution in [2.45, 2.75) is 57.7 Å². The third kappa shape index (κ3) is 5.63. The molecule has 0 radical (unpaired) electrons. The molecule has 1 atom stereocenters. The number of thioether (sulfide) groups is 1. The van der Waals surface area contributed by atoms with Crippen LogP contribution in [0, 0.1) is 17.2 Å². The molecule has 33 heavy (non-hydrogen) atoms. The second-order valence-corrected chi connectivity index (χ2v) is 9.57. The second-order valence-electron chi connectivity index (χ2n) is 8.63. The first-order valence-electron chi connectivity index (χ1n) is 11.2.